The maximum Gasteiger partial charge on any atom is 0.227 e. The topological polar surface area (TPSA) is 59.2 Å². The van der Waals surface area contributed by atoms with Gasteiger partial charge in [0.1, 0.15) is 0 Å². The van der Waals surface area contributed by atoms with Crippen LogP contribution in [0.5, 0.6) is 0 Å². The first kappa shape index (κ1) is 15.1. The maximum absolute atomic E-state index is 12.7. The van der Waals surface area contributed by atoms with E-state index in [4.69, 9.17) is 4.52 Å². The number of hydrogen-bond donors (Lipinski definition) is 0. The zero-order valence-electron chi connectivity index (χ0n) is 13.0. The van der Waals surface area contributed by atoms with E-state index in [1.165, 1.54) is 12.0 Å². The summed E-state index contributed by atoms with van der Waals surface area (Å²) in [6.07, 6.45) is 1.81. The summed E-state index contributed by atoms with van der Waals surface area (Å²) in [5, 5.41) is 6.02. The van der Waals surface area contributed by atoms with Crippen LogP contribution in [0.15, 0.2) is 58.8 Å². The average molecular weight is 339 g/mol. The van der Waals surface area contributed by atoms with E-state index in [-0.39, 0.29) is 17.7 Å². The van der Waals surface area contributed by atoms with Crippen molar-refractivity contribution in [3.05, 3.63) is 70.5 Å². The largest absolute Gasteiger partial charge is 0.343 e. The summed E-state index contributed by atoms with van der Waals surface area (Å²) < 4.78 is 4.93. The number of likely N-dealkylation sites (tertiary alicyclic amines) is 1. The average Bonchev–Trinajstić information content (AvgIpc) is 3.36. The van der Waals surface area contributed by atoms with Crippen molar-refractivity contribution in [2.24, 2.45) is 0 Å². The molecule has 3 aromatic rings. The number of amides is 1. The molecule has 1 amide bonds. The van der Waals surface area contributed by atoms with Gasteiger partial charge in [-0.15, -0.1) is 11.3 Å². The first-order chi connectivity index (χ1) is 11.8. The molecular weight excluding hydrogens is 322 g/mol. The summed E-state index contributed by atoms with van der Waals surface area (Å²) in [4.78, 5) is 19.9. The summed E-state index contributed by atoms with van der Waals surface area (Å²) in [7, 11) is 0. The van der Waals surface area contributed by atoms with E-state index < -0.39 is 0 Å². The van der Waals surface area contributed by atoms with Crippen molar-refractivity contribution in [2.45, 2.75) is 18.3 Å². The van der Waals surface area contributed by atoms with Gasteiger partial charge in [-0.2, -0.15) is 4.98 Å². The van der Waals surface area contributed by atoms with E-state index in [2.05, 4.69) is 22.3 Å². The van der Waals surface area contributed by atoms with Crippen LogP contribution in [0.1, 0.15) is 28.1 Å². The highest BCUT2D eigenvalue weighted by Crippen LogP contribution is 2.38. The molecule has 1 saturated heterocycles. The fourth-order valence-electron chi connectivity index (χ4n) is 3.32. The molecule has 24 heavy (non-hydrogen) atoms. The second-order valence-corrected chi connectivity index (χ2v) is 7.00. The zero-order chi connectivity index (χ0) is 16.4. The Morgan fingerprint density at radius 1 is 1.17 bits per heavy atom. The molecule has 0 bridgehead atoms. The van der Waals surface area contributed by atoms with E-state index >= 15 is 0 Å². The van der Waals surface area contributed by atoms with Gasteiger partial charge in [-0.3, -0.25) is 4.79 Å². The molecule has 6 heteroatoms. The van der Waals surface area contributed by atoms with Crippen LogP contribution >= 0.6 is 11.3 Å². The summed E-state index contributed by atoms with van der Waals surface area (Å²) in [5.41, 5.74) is 1.21. The quantitative estimate of drug-likeness (QED) is 0.733. The lowest BCUT2D eigenvalue weighted by Crippen LogP contribution is -2.30. The highest BCUT2D eigenvalue weighted by atomic mass is 32.1. The van der Waals surface area contributed by atoms with Gasteiger partial charge in [0.05, 0.1) is 6.42 Å². The van der Waals surface area contributed by atoms with Crippen molar-refractivity contribution in [3.63, 3.8) is 0 Å². The first-order valence-electron chi connectivity index (χ1n) is 7.92. The molecule has 0 saturated carbocycles. The molecule has 4 rings (SSSR count). The van der Waals surface area contributed by atoms with Gasteiger partial charge in [-0.05, 0) is 17.0 Å². The molecule has 1 aliphatic rings. The molecule has 0 radical (unpaired) electrons. The smallest absolute Gasteiger partial charge is 0.227 e. The summed E-state index contributed by atoms with van der Waals surface area (Å²) in [6.45, 7) is 1.32. The van der Waals surface area contributed by atoms with E-state index in [0.717, 1.165) is 4.88 Å². The number of hydrogen-bond acceptors (Lipinski definition) is 5. The summed E-state index contributed by atoms with van der Waals surface area (Å²) in [6, 6.07) is 14.2. The van der Waals surface area contributed by atoms with Gasteiger partial charge in [0.2, 0.25) is 12.3 Å². The lowest BCUT2D eigenvalue weighted by Gasteiger charge is -2.16. The third-order valence-electron chi connectivity index (χ3n) is 4.52. The minimum Gasteiger partial charge on any atom is -0.343 e. The van der Waals surface area contributed by atoms with Gasteiger partial charge in [0.15, 0.2) is 5.82 Å². The highest BCUT2D eigenvalue weighted by molar-refractivity contribution is 7.10. The van der Waals surface area contributed by atoms with Crippen LogP contribution in [-0.2, 0) is 11.2 Å². The van der Waals surface area contributed by atoms with E-state index in [1.807, 2.05) is 40.6 Å². The molecule has 0 spiro atoms. The molecule has 2 aromatic heterocycles. The fraction of sp³-hybridized carbons (Fsp3) is 0.278. The standard InChI is InChI=1S/C18H17N3O2S/c22-17(9-14-7-4-8-24-14)21-10-15(13-5-2-1-3-6-13)16(11-21)18-19-12-23-20-18/h1-8,12,15-16H,9-11H2/t15-,16-/m0/s1. The Bertz CT molecular complexity index is 787. The van der Waals surface area contributed by atoms with Crippen molar-refractivity contribution in [1.29, 1.82) is 0 Å². The number of thiophene rings is 1. The van der Waals surface area contributed by atoms with Gasteiger partial charge in [-0.25, -0.2) is 0 Å². The van der Waals surface area contributed by atoms with Crippen molar-refractivity contribution in [3.8, 4) is 0 Å². The molecule has 3 heterocycles. The number of carbonyl (C=O) groups excluding carboxylic acids is 1. The van der Waals surface area contributed by atoms with Gasteiger partial charge >= 0.3 is 0 Å². The maximum atomic E-state index is 12.7. The van der Waals surface area contributed by atoms with E-state index in [1.54, 1.807) is 11.3 Å². The number of rotatable bonds is 4. The molecular formula is C18H17N3O2S. The van der Waals surface area contributed by atoms with E-state index in [9.17, 15) is 4.79 Å². The van der Waals surface area contributed by atoms with Crippen LogP contribution in [0, 0.1) is 0 Å². The molecule has 5 nitrogen and oxygen atoms in total. The number of nitrogens with zero attached hydrogens (tertiary/aromatic N) is 3. The van der Waals surface area contributed by atoms with Crippen LogP contribution in [0.2, 0.25) is 0 Å². The minimum atomic E-state index is 0.0680. The van der Waals surface area contributed by atoms with Gasteiger partial charge in [-0.1, -0.05) is 41.6 Å². The Kier molecular flexibility index (Phi) is 4.13. The van der Waals surface area contributed by atoms with Crippen LogP contribution < -0.4 is 0 Å². The Hall–Kier alpha value is -2.47. The van der Waals surface area contributed by atoms with Crippen LogP contribution in [0.25, 0.3) is 0 Å². The van der Waals surface area contributed by atoms with Crippen molar-refractivity contribution >= 4 is 17.2 Å². The summed E-state index contributed by atoms with van der Waals surface area (Å²) in [5.74, 6) is 1.09. The van der Waals surface area contributed by atoms with Gasteiger partial charge in [0, 0.05) is 29.8 Å². The second-order valence-electron chi connectivity index (χ2n) is 5.97. The lowest BCUT2D eigenvalue weighted by atomic mass is 9.88. The lowest BCUT2D eigenvalue weighted by molar-refractivity contribution is -0.129. The molecule has 122 valence electrons. The molecule has 0 unspecified atom stereocenters. The first-order valence-corrected chi connectivity index (χ1v) is 8.80. The Morgan fingerprint density at radius 3 is 2.71 bits per heavy atom. The summed E-state index contributed by atoms with van der Waals surface area (Å²) >= 11 is 1.62. The van der Waals surface area contributed by atoms with Crippen molar-refractivity contribution in [1.82, 2.24) is 15.0 Å². The number of carbonyl (C=O) groups is 1. The third kappa shape index (κ3) is 2.97. The van der Waals surface area contributed by atoms with Crippen LogP contribution in [0.3, 0.4) is 0 Å². The number of aromatic nitrogens is 2. The van der Waals surface area contributed by atoms with Gasteiger partial charge < -0.3 is 9.42 Å². The van der Waals surface area contributed by atoms with Crippen LogP contribution in [0.4, 0.5) is 0 Å². The zero-order valence-corrected chi connectivity index (χ0v) is 13.9. The fourth-order valence-corrected chi connectivity index (χ4v) is 4.02. The SMILES string of the molecule is O=C(Cc1cccs1)N1C[C@H](c2ncon2)[C@H](c2ccccc2)C1. The molecule has 1 fully saturated rings. The molecule has 2 atom stereocenters. The minimum absolute atomic E-state index is 0.0680. The third-order valence-corrected chi connectivity index (χ3v) is 5.39. The van der Waals surface area contributed by atoms with Gasteiger partial charge in [0.25, 0.3) is 0 Å². The Labute approximate surface area is 143 Å². The molecule has 1 aliphatic heterocycles. The normalized spacial score (nSPS) is 20.4. The number of benzene rings is 1. The van der Waals surface area contributed by atoms with Crippen molar-refractivity contribution < 1.29 is 9.32 Å². The Balaban J connectivity index is 1.57. The monoisotopic (exact) mass is 339 g/mol. The van der Waals surface area contributed by atoms with Crippen LogP contribution in [-0.4, -0.2) is 34.0 Å². The molecule has 0 N–H and O–H groups in total. The van der Waals surface area contributed by atoms with Crippen molar-refractivity contribution in [2.75, 3.05) is 13.1 Å². The Morgan fingerprint density at radius 2 is 2.00 bits per heavy atom. The molecule has 1 aromatic carbocycles. The predicted molar refractivity (Wildman–Crippen MR) is 90.8 cm³/mol. The predicted octanol–water partition coefficient (Wildman–Crippen LogP) is 3.08. The highest BCUT2D eigenvalue weighted by Gasteiger charge is 2.39. The van der Waals surface area contributed by atoms with E-state index in [0.29, 0.717) is 25.3 Å². The molecule has 0 aliphatic carbocycles. The second kappa shape index (κ2) is 6.57.